The molecule has 0 spiro atoms. The van der Waals surface area contributed by atoms with E-state index in [-0.39, 0.29) is 5.60 Å². The monoisotopic (exact) mass is 240 g/mol. The van der Waals surface area contributed by atoms with Gasteiger partial charge in [0.25, 0.3) is 0 Å². The second-order valence-corrected chi connectivity index (χ2v) is 4.92. The fourth-order valence-electron chi connectivity index (χ4n) is 1.93. The summed E-state index contributed by atoms with van der Waals surface area (Å²) < 4.78 is 5.68. The van der Waals surface area contributed by atoms with Gasteiger partial charge in [-0.15, -0.1) is 11.6 Å². The summed E-state index contributed by atoms with van der Waals surface area (Å²) in [5.74, 6) is 1.45. The van der Waals surface area contributed by atoms with Crippen LogP contribution in [-0.2, 0) is 10.6 Å². The molecule has 88 valence electrons. The van der Waals surface area contributed by atoms with E-state index in [2.05, 4.69) is 23.7 Å². The van der Waals surface area contributed by atoms with Crippen molar-refractivity contribution in [3.05, 3.63) is 23.9 Å². The van der Waals surface area contributed by atoms with Crippen molar-refractivity contribution in [2.45, 2.75) is 25.3 Å². The Labute approximate surface area is 101 Å². The third-order valence-corrected chi connectivity index (χ3v) is 2.95. The van der Waals surface area contributed by atoms with Gasteiger partial charge in [0, 0.05) is 13.1 Å². The van der Waals surface area contributed by atoms with E-state index in [0.717, 1.165) is 31.2 Å². The lowest BCUT2D eigenvalue weighted by Crippen LogP contribution is -2.48. The summed E-state index contributed by atoms with van der Waals surface area (Å²) in [6.45, 7) is 6.71. The first-order valence-corrected chi connectivity index (χ1v) is 6.05. The topological polar surface area (TPSA) is 25.4 Å². The minimum absolute atomic E-state index is 0.100. The Balaban J connectivity index is 2.16. The average Bonchev–Trinajstić information content (AvgIpc) is 2.28. The number of ether oxygens (including phenoxy) is 1. The van der Waals surface area contributed by atoms with Gasteiger partial charge in [0.15, 0.2) is 0 Å². The van der Waals surface area contributed by atoms with Crippen molar-refractivity contribution in [3.8, 4) is 0 Å². The second kappa shape index (κ2) is 4.60. The number of hydrogen-bond donors (Lipinski definition) is 0. The molecular formula is C12H17ClN2O. The van der Waals surface area contributed by atoms with E-state index in [4.69, 9.17) is 16.3 Å². The number of hydrogen-bond acceptors (Lipinski definition) is 3. The quantitative estimate of drug-likeness (QED) is 0.743. The van der Waals surface area contributed by atoms with Gasteiger partial charge < -0.3 is 9.64 Å². The lowest BCUT2D eigenvalue weighted by Gasteiger charge is -2.38. The van der Waals surface area contributed by atoms with E-state index in [0.29, 0.717) is 5.88 Å². The van der Waals surface area contributed by atoms with Gasteiger partial charge in [-0.3, -0.25) is 0 Å². The van der Waals surface area contributed by atoms with Crippen molar-refractivity contribution in [2.24, 2.45) is 0 Å². The van der Waals surface area contributed by atoms with Crippen LogP contribution >= 0.6 is 11.6 Å². The van der Waals surface area contributed by atoms with Crippen molar-refractivity contribution in [1.29, 1.82) is 0 Å². The van der Waals surface area contributed by atoms with Crippen LogP contribution in [0.2, 0.25) is 0 Å². The SMILES string of the molecule is CC1(C)CN(c2cccc(CCl)n2)CCO1. The Morgan fingerprint density at radius 2 is 2.31 bits per heavy atom. The molecule has 0 unspecified atom stereocenters. The van der Waals surface area contributed by atoms with Gasteiger partial charge in [0.2, 0.25) is 0 Å². The molecule has 0 bridgehead atoms. The van der Waals surface area contributed by atoms with E-state index in [1.807, 2.05) is 18.2 Å². The number of alkyl halides is 1. The fraction of sp³-hybridized carbons (Fsp3) is 0.583. The molecule has 1 aromatic rings. The molecule has 0 N–H and O–H groups in total. The maximum absolute atomic E-state index is 5.79. The molecule has 1 saturated heterocycles. The number of aromatic nitrogens is 1. The lowest BCUT2D eigenvalue weighted by molar-refractivity contribution is -0.0279. The maximum Gasteiger partial charge on any atom is 0.129 e. The summed E-state index contributed by atoms with van der Waals surface area (Å²) in [6.07, 6.45) is 0. The molecule has 0 saturated carbocycles. The number of morpholine rings is 1. The van der Waals surface area contributed by atoms with Gasteiger partial charge in [-0.2, -0.15) is 0 Å². The van der Waals surface area contributed by atoms with E-state index >= 15 is 0 Å². The van der Waals surface area contributed by atoms with E-state index in [1.54, 1.807) is 0 Å². The molecule has 0 aliphatic carbocycles. The van der Waals surface area contributed by atoms with Crippen LogP contribution in [0.1, 0.15) is 19.5 Å². The van der Waals surface area contributed by atoms with Gasteiger partial charge >= 0.3 is 0 Å². The minimum atomic E-state index is -0.100. The Morgan fingerprint density at radius 1 is 1.50 bits per heavy atom. The van der Waals surface area contributed by atoms with Crippen molar-refractivity contribution in [3.63, 3.8) is 0 Å². The zero-order valence-corrected chi connectivity index (χ0v) is 10.5. The molecule has 2 heterocycles. The molecule has 1 aromatic heterocycles. The highest BCUT2D eigenvalue weighted by Crippen LogP contribution is 2.21. The van der Waals surface area contributed by atoms with Gasteiger partial charge in [-0.1, -0.05) is 6.07 Å². The number of rotatable bonds is 2. The highest BCUT2D eigenvalue weighted by atomic mass is 35.5. The largest absolute Gasteiger partial charge is 0.372 e. The van der Waals surface area contributed by atoms with E-state index < -0.39 is 0 Å². The molecule has 0 amide bonds. The Bertz CT molecular complexity index is 368. The van der Waals surface area contributed by atoms with Crippen LogP contribution < -0.4 is 4.90 Å². The highest BCUT2D eigenvalue weighted by molar-refractivity contribution is 6.16. The third kappa shape index (κ3) is 2.66. The Hall–Kier alpha value is -0.800. The van der Waals surface area contributed by atoms with Crippen LogP contribution in [0, 0.1) is 0 Å². The van der Waals surface area contributed by atoms with Crippen LogP contribution in [0.15, 0.2) is 18.2 Å². The van der Waals surface area contributed by atoms with Crippen molar-refractivity contribution in [2.75, 3.05) is 24.6 Å². The first kappa shape index (κ1) is 11.7. The Kier molecular flexibility index (Phi) is 3.36. The molecule has 1 aliphatic rings. The predicted octanol–water partition coefficient (Wildman–Crippen LogP) is 2.44. The minimum Gasteiger partial charge on any atom is -0.372 e. The smallest absolute Gasteiger partial charge is 0.129 e. The number of halogens is 1. The van der Waals surface area contributed by atoms with Crippen LogP contribution in [0.4, 0.5) is 5.82 Å². The molecular weight excluding hydrogens is 224 g/mol. The second-order valence-electron chi connectivity index (χ2n) is 4.65. The first-order chi connectivity index (χ1) is 7.61. The molecule has 0 atom stereocenters. The molecule has 1 fully saturated rings. The number of pyridine rings is 1. The summed E-state index contributed by atoms with van der Waals surface area (Å²) in [6, 6.07) is 5.97. The third-order valence-electron chi connectivity index (χ3n) is 2.68. The fourth-order valence-corrected chi connectivity index (χ4v) is 2.08. The summed E-state index contributed by atoms with van der Waals surface area (Å²) in [7, 11) is 0. The summed E-state index contributed by atoms with van der Waals surface area (Å²) in [5, 5.41) is 0. The van der Waals surface area contributed by atoms with Gasteiger partial charge in [-0.05, 0) is 26.0 Å². The van der Waals surface area contributed by atoms with Crippen molar-refractivity contribution < 1.29 is 4.74 Å². The summed E-state index contributed by atoms with van der Waals surface area (Å²) in [4.78, 5) is 6.77. The molecule has 4 heteroatoms. The van der Waals surface area contributed by atoms with Crippen molar-refractivity contribution >= 4 is 17.4 Å². The molecule has 1 aliphatic heterocycles. The molecule has 3 nitrogen and oxygen atoms in total. The number of anilines is 1. The average molecular weight is 241 g/mol. The zero-order valence-electron chi connectivity index (χ0n) is 9.74. The van der Waals surface area contributed by atoms with Crippen LogP contribution in [-0.4, -0.2) is 30.3 Å². The standard InChI is InChI=1S/C12H17ClN2O/c1-12(2)9-15(6-7-16-12)11-5-3-4-10(8-13)14-11/h3-5H,6-9H2,1-2H3. The molecule has 2 rings (SSSR count). The van der Waals surface area contributed by atoms with Crippen LogP contribution in [0.25, 0.3) is 0 Å². The van der Waals surface area contributed by atoms with E-state index in [1.165, 1.54) is 0 Å². The van der Waals surface area contributed by atoms with Crippen LogP contribution in [0.3, 0.4) is 0 Å². The van der Waals surface area contributed by atoms with Crippen LogP contribution in [0.5, 0.6) is 0 Å². The van der Waals surface area contributed by atoms with Gasteiger partial charge in [0.1, 0.15) is 5.82 Å². The molecule has 0 radical (unpaired) electrons. The predicted molar refractivity (Wildman–Crippen MR) is 66.0 cm³/mol. The van der Waals surface area contributed by atoms with Crippen molar-refractivity contribution in [1.82, 2.24) is 4.98 Å². The lowest BCUT2D eigenvalue weighted by atomic mass is 10.1. The molecule has 16 heavy (non-hydrogen) atoms. The Morgan fingerprint density at radius 3 is 3.00 bits per heavy atom. The first-order valence-electron chi connectivity index (χ1n) is 5.51. The summed E-state index contributed by atoms with van der Waals surface area (Å²) >= 11 is 5.79. The van der Waals surface area contributed by atoms with E-state index in [9.17, 15) is 0 Å². The molecule has 0 aromatic carbocycles. The maximum atomic E-state index is 5.79. The summed E-state index contributed by atoms with van der Waals surface area (Å²) in [5.41, 5.74) is 0.820. The number of nitrogens with zero attached hydrogens (tertiary/aromatic N) is 2. The normalized spacial score (nSPS) is 19.8. The van der Waals surface area contributed by atoms with Gasteiger partial charge in [-0.25, -0.2) is 4.98 Å². The van der Waals surface area contributed by atoms with Gasteiger partial charge in [0.05, 0.1) is 23.8 Å². The highest BCUT2D eigenvalue weighted by Gasteiger charge is 2.27. The zero-order chi connectivity index (χ0) is 11.6.